The number of hydrogen-bond donors (Lipinski definition) is 1. The molecule has 1 aliphatic rings. The lowest BCUT2D eigenvalue weighted by molar-refractivity contribution is -0.116. The second kappa shape index (κ2) is 8.08. The molecule has 0 saturated heterocycles. The summed E-state index contributed by atoms with van der Waals surface area (Å²) in [5.74, 6) is -0.429. The van der Waals surface area contributed by atoms with Gasteiger partial charge >= 0.3 is 5.97 Å². The molecule has 1 aromatic heterocycles. The minimum atomic E-state index is -0.348. The van der Waals surface area contributed by atoms with Gasteiger partial charge in [-0.05, 0) is 39.5 Å². The van der Waals surface area contributed by atoms with Crippen molar-refractivity contribution in [2.75, 3.05) is 6.61 Å². The number of carbonyl (C=O) groups is 2. The molecule has 6 heteroatoms. The van der Waals surface area contributed by atoms with Gasteiger partial charge in [-0.1, -0.05) is 12.0 Å². The van der Waals surface area contributed by atoms with Crippen LogP contribution in [0.1, 0.15) is 59.4 Å². The number of carbonyl (C=O) groups excluding carboxylic acids is 2. The molecule has 0 radical (unpaired) electrons. The summed E-state index contributed by atoms with van der Waals surface area (Å²) in [7, 11) is 0. The fraction of sp³-hybridized carbons (Fsp3) is 0.562. The first-order valence-electron chi connectivity index (χ1n) is 7.71. The maximum absolute atomic E-state index is 11.9. The Hall–Kier alpha value is -1.69. The van der Waals surface area contributed by atoms with E-state index in [0.29, 0.717) is 23.7 Å². The van der Waals surface area contributed by atoms with Gasteiger partial charge < -0.3 is 10.1 Å². The van der Waals surface area contributed by atoms with E-state index in [-0.39, 0.29) is 11.9 Å². The topological polar surface area (TPSA) is 68.3 Å². The van der Waals surface area contributed by atoms with Crippen LogP contribution < -0.4 is 5.32 Å². The van der Waals surface area contributed by atoms with Crippen molar-refractivity contribution in [3.63, 3.8) is 0 Å². The van der Waals surface area contributed by atoms with E-state index >= 15 is 0 Å². The predicted octanol–water partition coefficient (Wildman–Crippen LogP) is 3.13. The lowest BCUT2D eigenvalue weighted by Crippen LogP contribution is -2.21. The summed E-state index contributed by atoms with van der Waals surface area (Å²) < 4.78 is 4.98. The lowest BCUT2D eigenvalue weighted by atomic mass is 9.95. The van der Waals surface area contributed by atoms with Gasteiger partial charge in [-0.2, -0.15) is 0 Å². The number of hydrogen-bond acceptors (Lipinski definition) is 5. The van der Waals surface area contributed by atoms with E-state index in [4.69, 9.17) is 4.74 Å². The molecule has 5 nitrogen and oxygen atoms in total. The molecule has 0 aromatic carbocycles. The zero-order chi connectivity index (χ0) is 15.9. The van der Waals surface area contributed by atoms with Crippen molar-refractivity contribution in [3.05, 3.63) is 27.2 Å². The third kappa shape index (κ3) is 4.66. The second-order valence-corrected chi connectivity index (χ2v) is 6.41. The van der Waals surface area contributed by atoms with Crippen LogP contribution in [-0.2, 0) is 16.1 Å². The van der Waals surface area contributed by atoms with E-state index in [0.717, 1.165) is 17.8 Å². The Labute approximate surface area is 134 Å². The van der Waals surface area contributed by atoms with E-state index in [2.05, 4.69) is 10.3 Å². The first-order chi connectivity index (χ1) is 10.6. The molecule has 0 aliphatic heterocycles. The first kappa shape index (κ1) is 16.7. The number of aromatic nitrogens is 1. The van der Waals surface area contributed by atoms with Crippen LogP contribution in [0.2, 0.25) is 0 Å². The Morgan fingerprint density at radius 2 is 2.05 bits per heavy atom. The highest BCUT2D eigenvalue weighted by Gasteiger charge is 2.16. The van der Waals surface area contributed by atoms with Gasteiger partial charge in [0.2, 0.25) is 5.91 Å². The van der Waals surface area contributed by atoms with Gasteiger partial charge in [0.15, 0.2) is 0 Å². The van der Waals surface area contributed by atoms with E-state index in [1.807, 2.05) is 0 Å². The zero-order valence-electron chi connectivity index (χ0n) is 13.1. The molecule has 0 atom stereocenters. The summed E-state index contributed by atoms with van der Waals surface area (Å²) in [6.07, 6.45) is 7.37. The minimum Gasteiger partial charge on any atom is -0.462 e. The highest BCUT2D eigenvalue weighted by Crippen LogP contribution is 2.22. The number of thiazole rings is 1. The summed E-state index contributed by atoms with van der Waals surface area (Å²) >= 11 is 1.27. The number of nitrogens with one attached hydrogen (secondary N) is 1. The summed E-state index contributed by atoms with van der Waals surface area (Å²) in [5.41, 5.74) is 1.88. The molecule has 1 fully saturated rings. The van der Waals surface area contributed by atoms with Crippen LogP contribution in [0.3, 0.4) is 0 Å². The molecule has 1 aliphatic carbocycles. The van der Waals surface area contributed by atoms with Crippen molar-refractivity contribution >= 4 is 23.2 Å². The molecule has 22 heavy (non-hydrogen) atoms. The van der Waals surface area contributed by atoms with Crippen molar-refractivity contribution < 1.29 is 14.3 Å². The Morgan fingerprint density at radius 3 is 2.73 bits per heavy atom. The number of aryl methyl sites for hydroxylation is 1. The Bertz CT molecular complexity index is 570. The van der Waals surface area contributed by atoms with Crippen LogP contribution in [0.5, 0.6) is 0 Å². The summed E-state index contributed by atoms with van der Waals surface area (Å²) in [4.78, 5) is 28.5. The molecule has 0 bridgehead atoms. The maximum Gasteiger partial charge on any atom is 0.350 e. The summed E-state index contributed by atoms with van der Waals surface area (Å²) in [6, 6.07) is 0. The van der Waals surface area contributed by atoms with Crippen molar-refractivity contribution in [2.45, 2.75) is 52.5 Å². The van der Waals surface area contributed by atoms with Crippen molar-refractivity contribution in [1.29, 1.82) is 0 Å². The number of amides is 1. The average Bonchev–Trinajstić information content (AvgIpc) is 2.88. The Balaban J connectivity index is 1.90. The van der Waals surface area contributed by atoms with Gasteiger partial charge in [-0.25, -0.2) is 9.78 Å². The Morgan fingerprint density at radius 1 is 1.32 bits per heavy atom. The zero-order valence-corrected chi connectivity index (χ0v) is 13.9. The molecule has 1 heterocycles. The van der Waals surface area contributed by atoms with Crippen molar-refractivity contribution in [1.82, 2.24) is 10.3 Å². The lowest BCUT2D eigenvalue weighted by Gasteiger charge is -2.12. The van der Waals surface area contributed by atoms with Crippen LogP contribution in [0.15, 0.2) is 11.6 Å². The van der Waals surface area contributed by atoms with Gasteiger partial charge in [0.25, 0.3) is 0 Å². The number of esters is 1. The van der Waals surface area contributed by atoms with E-state index in [1.165, 1.54) is 36.2 Å². The fourth-order valence-electron chi connectivity index (χ4n) is 2.46. The third-order valence-corrected chi connectivity index (χ3v) is 4.68. The average molecular weight is 322 g/mol. The van der Waals surface area contributed by atoms with Gasteiger partial charge in [-0.3, -0.25) is 4.79 Å². The third-order valence-electron chi connectivity index (χ3n) is 3.55. The second-order valence-electron chi connectivity index (χ2n) is 5.32. The largest absolute Gasteiger partial charge is 0.462 e. The molecule has 0 unspecified atom stereocenters. The van der Waals surface area contributed by atoms with E-state index in [9.17, 15) is 9.59 Å². The van der Waals surface area contributed by atoms with Crippen LogP contribution in [-0.4, -0.2) is 23.5 Å². The van der Waals surface area contributed by atoms with E-state index < -0.39 is 0 Å². The first-order valence-corrected chi connectivity index (χ1v) is 8.52. The molecule has 1 amide bonds. The summed E-state index contributed by atoms with van der Waals surface area (Å²) in [6.45, 7) is 4.23. The van der Waals surface area contributed by atoms with Crippen LogP contribution in [0.4, 0.5) is 0 Å². The molecule has 120 valence electrons. The van der Waals surface area contributed by atoms with Crippen LogP contribution in [0.25, 0.3) is 0 Å². The van der Waals surface area contributed by atoms with Crippen LogP contribution >= 0.6 is 11.3 Å². The maximum atomic E-state index is 11.9. The van der Waals surface area contributed by atoms with Gasteiger partial charge in [0.1, 0.15) is 9.88 Å². The monoisotopic (exact) mass is 322 g/mol. The normalized spacial score (nSPS) is 14.5. The van der Waals surface area contributed by atoms with Crippen molar-refractivity contribution in [2.24, 2.45) is 0 Å². The Kier molecular flexibility index (Phi) is 6.12. The van der Waals surface area contributed by atoms with E-state index in [1.54, 1.807) is 19.9 Å². The number of allylic oxidation sites excluding steroid dienone is 1. The predicted molar refractivity (Wildman–Crippen MR) is 85.8 cm³/mol. The molecule has 2 rings (SSSR count). The highest BCUT2D eigenvalue weighted by atomic mass is 32.1. The molecule has 1 aromatic rings. The molecule has 1 N–H and O–H groups in total. The number of rotatable bonds is 5. The smallest absolute Gasteiger partial charge is 0.350 e. The quantitative estimate of drug-likeness (QED) is 0.668. The van der Waals surface area contributed by atoms with Gasteiger partial charge in [-0.15, -0.1) is 11.3 Å². The summed E-state index contributed by atoms with van der Waals surface area (Å²) in [5, 5.41) is 3.56. The molecular weight excluding hydrogens is 300 g/mol. The number of ether oxygens (including phenoxy) is 1. The van der Waals surface area contributed by atoms with Crippen LogP contribution in [0, 0.1) is 6.92 Å². The standard InChI is InChI=1S/C16H22N2O3S/c1-3-21-16(20)15-11(2)18-14(22-15)10-17-13(19)9-12-7-5-4-6-8-12/h9H,3-8,10H2,1-2H3,(H,17,19). The number of nitrogens with zero attached hydrogens (tertiary/aromatic N) is 1. The minimum absolute atomic E-state index is 0.0811. The van der Waals surface area contributed by atoms with Gasteiger partial charge in [0, 0.05) is 6.08 Å². The SMILES string of the molecule is CCOC(=O)c1sc(CNC(=O)C=C2CCCCC2)nc1C. The molecule has 1 saturated carbocycles. The van der Waals surface area contributed by atoms with Gasteiger partial charge in [0.05, 0.1) is 18.8 Å². The highest BCUT2D eigenvalue weighted by molar-refractivity contribution is 7.13. The molecular formula is C16H22N2O3S. The van der Waals surface area contributed by atoms with Crippen molar-refractivity contribution in [3.8, 4) is 0 Å². The molecule has 0 spiro atoms. The fourth-order valence-corrected chi connectivity index (χ4v) is 3.36.